The molecule has 0 bridgehead atoms. The van der Waals surface area contributed by atoms with Crippen LogP contribution >= 0.6 is 0 Å². The van der Waals surface area contributed by atoms with Gasteiger partial charge in [0.05, 0.1) is 29.3 Å². The molecular weight excluding hydrogens is 294 g/mol. The molecule has 6 heteroatoms. The zero-order chi connectivity index (χ0) is 16.6. The molecule has 0 spiro atoms. The highest BCUT2D eigenvalue weighted by atomic mass is 16.5. The molecule has 0 saturated heterocycles. The highest BCUT2D eigenvalue weighted by Crippen LogP contribution is 2.16. The molecule has 0 saturated carbocycles. The number of aryl methyl sites for hydroxylation is 1. The number of hydrogen-bond acceptors (Lipinski definition) is 5. The summed E-state index contributed by atoms with van der Waals surface area (Å²) in [7, 11) is 1.31. The summed E-state index contributed by atoms with van der Waals surface area (Å²) in [5.74, 6) is -0.346. The molecule has 23 heavy (non-hydrogen) atoms. The number of rotatable bonds is 2. The third-order valence-corrected chi connectivity index (χ3v) is 3.60. The van der Waals surface area contributed by atoms with Crippen LogP contribution in [0, 0.1) is 6.92 Å². The number of anilines is 1. The monoisotopic (exact) mass is 309 g/mol. The average molecular weight is 309 g/mol. The quantitative estimate of drug-likeness (QED) is 0.732. The van der Waals surface area contributed by atoms with Crippen LogP contribution in [0.25, 0.3) is 16.6 Å². The fourth-order valence-corrected chi connectivity index (χ4v) is 2.43. The molecule has 0 aliphatic rings. The van der Waals surface area contributed by atoms with Gasteiger partial charge >= 0.3 is 5.97 Å². The predicted octanol–water partition coefficient (Wildman–Crippen LogP) is 2.06. The van der Waals surface area contributed by atoms with E-state index < -0.39 is 5.97 Å². The summed E-state index contributed by atoms with van der Waals surface area (Å²) in [5, 5.41) is 0.497. The number of benzene rings is 2. The molecular formula is C17H15N3O3. The van der Waals surface area contributed by atoms with E-state index in [1.165, 1.54) is 11.7 Å². The van der Waals surface area contributed by atoms with E-state index >= 15 is 0 Å². The summed E-state index contributed by atoms with van der Waals surface area (Å²) >= 11 is 0. The van der Waals surface area contributed by atoms with E-state index in [0.717, 1.165) is 5.56 Å². The number of nitrogens with zero attached hydrogens (tertiary/aromatic N) is 2. The van der Waals surface area contributed by atoms with Gasteiger partial charge in [-0.3, -0.25) is 4.79 Å². The molecule has 1 heterocycles. The maximum absolute atomic E-state index is 12.7. The molecule has 116 valence electrons. The molecule has 0 fully saturated rings. The highest BCUT2D eigenvalue weighted by Gasteiger charge is 2.12. The van der Waals surface area contributed by atoms with Crippen LogP contribution < -0.4 is 11.3 Å². The van der Waals surface area contributed by atoms with Gasteiger partial charge in [-0.15, -0.1) is 0 Å². The maximum Gasteiger partial charge on any atom is 0.337 e. The van der Waals surface area contributed by atoms with Crippen LogP contribution in [0.5, 0.6) is 0 Å². The van der Waals surface area contributed by atoms with E-state index in [2.05, 4.69) is 9.72 Å². The van der Waals surface area contributed by atoms with Crippen molar-refractivity contribution < 1.29 is 9.53 Å². The Hall–Kier alpha value is -3.15. The lowest BCUT2D eigenvalue weighted by Crippen LogP contribution is -2.23. The summed E-state index contributed by atoms with van der Waals surface area (Å²) in [6.07, 6.45) is 0. The van der Waals surface area contributed by atoms with Gasteiger partial charge in [-0.1, -0.05) is 11.6 Å². The number of ether oxygens (including phenoxy) is 1. The van der Waals surface area contributed by atoms with Crippen molar-refractivity contribution in [3.63, 3.8) is 0 Å². The zero-order valence-electron chi connectivity index (χ0n) is 12.7. The van der Waals surface area contributed by atoms with Crippen LogP contribution in [-0.2, 0) is 4.74 Å². The number of hydrogen-bond donors (Lipinski definition) is 1. The summed E-state index contributed by atoms with van der Waals surface area (Å²) < 4.78 is 5.98. The minimum Gasteiger partial charge on any atom is -0.465 e. The second kappa shape index (κ2) is 5.57. The van der Waals surface area contributed by atoms with E-state index in [4.69, 9.17) is 5.73 Å². The van der Waals surface area contributed by atoms with Gasteiger partial charge in [-0.25, -0.2) is 14.3 Å². The lowest BCUT2D eigenvalue weighted by atomic mass is 10.1. The second-order valence-electron chi connectivity index (χ2n) is 5.17. The lowest BCUT2D eigenvalue weighted by molar-refractivity contribution is 0.0601. The van der Waals surface area contributed by atoms with Crippen molar-refractivity contribution >= 4 is 22.8 Å². The molecule has 0 atom stereocenters. The first-order valence-electron chi connectivity index (χ1n) is 6.99. The van der Waals surface area contributed by atoms with Gasteiger partial charge in [-0.05, 0) is 43.3 Å². The summed E-state index contributed by atoms with van der Waals surface area (Å²) in [6.45, 7) is 1.91. The number of carbonyl (C=O) groups is 1. The van der Waals surface area contributed by atoms with Gasteiger partial charge in [0.25, 0.3) is 5.56 Å². The van der Waals surface area contributed by atoms with Gasteiger partial charge in [0.1, 0.15) is 0 Å². The molecule has 0 aliphatic carbocycles. The molecule has 3 rings (SSSR count). The van der Waals surface area contributed by atoms with Crippen molar-refractivity contribution in [2.45, 2.75) is 6.92 Å². The normalized spacial score (nSPS) is 10.7. The molecule has 0 amide bonds. The third kappa shape index (κ3) is 2.55. The topological polar surface area (TPSA) is 87.2 Å². The fraction of sp³-hybridized carbons (Fsp3) is 0.118. The Morgan fingerprint density at radius 3 is 2.52 bits per heavy atom. The number of esters is 1. The highest BCUT2D eigenvalue weighted by molar-refractivity contribution is 5.89. The van der Waals surface area contributed by atoms with Gasteiger partial charge in [-0.2, -0.15) is 0 Å². The zero-order valence-corrected chi connectivity index (χ0v) is 12.7. The van der Waals surface area contributed by atoms with E-state index in [-0.39, 0.29) is 11.5 Å². The Kier molecular flexibility index (Phi) is 3.57. The number of nitrogens with two attached hydrogens (primary N) is 1. The Bertz CT molecular complexity index is 959. The molecule has 6 nitrogen and oxygen atoms in total. The predicted molar refractivity (Wildman–Crippen MR) is 87.8 cm³/mol. The van der Waals surface area contributed by atoms with Crippen LogP contribution in [0.2, 0.25) is 0 Å². The standard InChI is InChI=1S/C17H15N3O3/c1-10-3-8-14-13(9-10)15(21)20(17(18)19-14)12-6-4-11(5-7-12)16(22)23-2/h3-9H,1-2H3,(H2,18,19). The van der Waals surface area contributed by atoms with E-state index in [9.17, 15) is 9.59 Å². The number of nitrogen functional groups attached to an aromatic ring is 1. The largest absolute Gasteiger partial charge is 0.465 e. The molecule has 2 aromatic carbocycles. The molecule has 0 unspecified atom stereocenters. The first-order chi connectivity index (χ1) is 11.0. The Balaban J connectivity index is 2.19. The minimum absolute atomic E-state index is 0.0946. The van der Waals surface area contributed by atoms with Crippen LogP contribution in [0.15, 0.2) is 47.3 Å². The minimum atomic E-state index is -0.441. The van der Waals surface area contributed by atoms with Crippen molar-refractivity contribution in [3.8, 4) is 5.69 Å². The number of carbonyl (C=O) groups excluding carboxylic acids is 1. The van der Waals surface area contributed by atoms with Crippen molar-refractivity contribution in [2.24, 2.45) is 0 Å². The number of aromatic nitrogens is 2. The van der Waals surface area contributed by atoms with Gasteiger partial charge < -0.3 is 10.5 Å². The van der Waals surface area contributed by atoms with Crippen molar-refractivity contribution in [3.05, 3.63) is 63.9 Å². The van der Waals surface area contributed by atoms with Crippen LogP contribution in [0.1, 0.15) is 15.9 Å². The molecule has 3 aromatic rings. The van der Waals surface area contributed by atoms with Crippen LogP contribution in [-0.4, -0.2) is 22.6 Å². The lowest BCUT2D eigenvalue weighted by Gasteiger charge is -2.11. The Morgan fingerprint density at radius 2 is 1.87 bits per heavy atom. The molecule has 0 radical (unpaired) electrons. The van der Waals surface area contributed by atoms with E-state index in [1.807, 2.05) is 13.0 Å². The van der Waals surface area contributed by atoms with Gasteiger partial charge in [0.2, 0.25) is 5.95 Å². The summed E-state index contributed by atoms with van der Waals surface area (Å²) in [4.78, 5) is 28.5. The molecule has 2 N–H and O–H groups in total. The third-order valence-electron chi connectivity index (χ3n) is 3.60. The maximum atomic E-state index is 12.7. The van der Waals surface area contributed by atoms with Crippen molar-refractivity contribution in [2.75, 3.05) is 12.8 Å². The second-order valence-corrected chi connectivity index (χ2v) is 5.17. The molecule has 0 aliphatic heterocycles. The number of fused-ring (bicyclic) bond motifs is 1. The Labute approximate surface area is 132 Å². The van der Waals surface area contributed by atoms with Crippen LogP contribution in [0.3, 0.4) is 0 Å². The number of methoxy groups -OCH3 is 1. The first-order valence-corrected chi connectivity index (χ1v) is 6.99. The van der Waals surface area contributed by atoms with Crippen molar-refractivity contribution in [1.29, 1.82) is 0 Å². The average Bonchev–Trinajstić information content (AvgIpc) is 2.55. The van der Waals surface area contributed by atoms with Gasteiger partial charge in [0.15, 0.2) is 0 Å². The fourth-order valence-electron chi connectivity index (χ4n) is 2.43. The van der Waals surface area contributed by atoms with Crippen LogP contribution in [0.4, 0.5) is 5.95 Å². The Morgan fingerprint density at radius 1 is 1.17 bits per heavy atom. The SMILES string of the molecule is COC(=O)c1ccc(-n2c(N)nc3ccc(C)cc3c2=O)cc1. The summed E-state index contributed by atoms with van der Waals surface area (Å²) in [6, 6.07) is 11.8. The first kappa shape index (κ1) is 14.8. The van der Waals surface area contributed by atoms with Gasteiger partial charge in [0, 0.05) is 0 Å². The van der Waals surface area contributed by atoms with Crippen molar-refractivity contribution in [1.82, 2.24) is 9.55 Å². The van der Waals surface area contributed by atoms with E-state index in [0.29, 0.717) is 22.2 Å². The summed E-state index contributed by atoms with van der Waals surface area (Å²) in [5.41, 5.74) is 8.15. The smallest absolute Gasteiger partial charge is 0.337 e. The van der Waals surface area contributed by atoms with E-state index in [1.54, 1.807) is 36.4 Å². The molecule has 1 aromatic heterocycles.